The number of hydrogen-bond donors (Lipinski definition) is 1. The quantitative estimate of drug-likeness (QED) is 0.291. The first-order valence-corrected chi connectivity index (χ1v) is 12.2. The van der Waals surface area contributed by atoms with E-state index in [1.165, 1.54) is 22.5 Å². The Balaban J connectivity index is 1.34. The summed E-state index contributed by atoms with van der Waals surface area (Å²) in [4.78, 5) is 11.7. The fourth-order valence-corrected chi connectivity index (χ4v) is 3.98. The van der Waals surface area contributed by atoms with Crippen LogP contribution in [0.2, 0.25) is 0 Å². The van der Waals surface area contributed by atoms with Crippen LogP contribution in [0.4, 0.5) is 0 Å². The molecular weight excluding hydrogens is 436 g/mol. The molecule has 1 atom stereocenters. The topological polar surface area (TPSA) is 65.0 Å². The number of carbonyl (C=O) groups is 1. The molecule has 0 saturated carbocycles. The summed E-state index contributed by atoms with van der Waals surface area (Å²) in [7, 11) is 0. The van der Waals surface area contributed by atoms with E-state index < -0.39 is 11.7 Å². The molecule has 0 spiro atoms. The third-order valence-corrected chi connectivity index (χ3v) is 5.78. The molecule has 0 saturated heterocycles. The van der Waals surface area contributed by atoms with Crippen LogP contribution in [-0.4, -0.2) is 40.9 Å². The van der Waals surface area contributed by atoms with Gasteiger partial charge in [0.25, 0.3) is 0 Å². The van der Waals surface area contributed by atoms with Gasteiger partial charge in [0.05, 0.1) is 12.5 Å². The Morgan fingerprint density at radius 2 is 1.61 bits per heavy atom. The van der Waals surface area contributed by atoms with E-state index in [9.17, 15) is 9.90 Å². The lowest BCUT2D eigenvalue weighted by Gasteiger charge is -2.19. The minimum absolute atomic E-state index is 0.191. The van der Waals surface area contributed by atoms with Crippen LogP contribution >= 0.6 is 11.8 Å². The molecule has 0 aliphatic carbocycles. The molecule has 0 radical (unpaired) electrons. The second-order valence-electron chi connectivity index (χ2n) is 8.82. The van der Waals surface area contributed by atoms with E-state index in [0.29, 0.717) is 30.3 Å². The van der Waals surface area contributed by atoms with E-state index in [1.807, 2.05) is 57.2 Å². The van der Waals surface area contributed by atoms with Crippen molar-refractivity contribution in [1.82, 2.24) is 0 Å². The molecule has 0 heterocycles. The first-order chi connectivity index (χ1) is 15.8. The summed E-state index contributed by atoms with van der Waals surface area (Å²) in [5.41, 5.74) is 0.646. The second kappa shape index (κ2) is 12.0. The number of ether oxygens (including phenoxy) is 3. The van der Waals surface area contributed by atoms with Crippen LogP contribution in [0.25, 0.3) is 10.8 Å². The second-order valence-corrected chi connectivity index (χ2v) is 9.97. The Morgan fingerprint density at radius 1 is 0.939 bits per heavy atom. The standard InChI is InChI=1S/C27H32O5S/c1-27(2,3)32-26(29)14-15-33-19-23(28)18-31-25-12-10-24(11-13-25)30-17-20-8-9-21-6-4-5-7-22(21)16-20/h4-13,16,23,28H,14-15,17-19H2,1-3H3. The highest BCUT2D eigenvalue weighted by molar-refractivity contribution is 7.99. The zero-order valence-electron chi connectivity index (χ0n) is 19.5. The molecule has 33 heavy (non-hydrogen) atoms. The van der Waals surface area contributed by atoms with Crippen molar-refractivity contribution in [2.75, 3.05) is 18.1 Å². The summed E-state index contributed by atoms with van der Waals surface area (Å²) in [6.07, 6.45) is -0.284. The zero-order valence-corrected chi connectivity index (χ0v) is 20.3. The molecule has 0 aliphatic heterocycles. The van der Waals surface area contributed by atoms with Crippen LogP contribution in [0.5, 0.6) is 11.5 Å². The van der Waals surface area contributed by atoms with Gasteiger partial charge < -0.3 is 19.3 Å². The maximum Gasteiger partial charge on any atom is 0.307 e. The van der Waals surface area contributed by atoms with Gasteiger partial charge in [-0.25, -0.2) is 0 Å². The summed E-state index contributed by atoms with van der Waals surface area (Å²) < 4.78 is 16.8. The lowest BCUT2D eigenvalue weighted by molar-refractivity contribution is -0.154. The van der Waals surface area contributed by atoms with Gasteiger partial charge in [0.15, 0.2) is 0 Å². The fourth-order valence-electron chi connectivity index (χ4n) is 3.14. The molecule has 1 unspecified atom stereocenters. The minimum Gasteiger partial charge on any atom is -0.491 e. The van der Waals surface area contributed by atoms with E-state index >= 15 is 0 Å². The molecule has 176 valence electrons. The highest BCUT2D eigenvalue weighted by atomic mass is 32.2. The van der Waals surface area contributed by atoms with Crippen molar-refractivity contribution in [3.63, 3.8) is 0 Å². The molecule has 1 N–H and O–H groups in total. The molecule has 6 heteroatoms. The highest BCUT2D eigenvalue weighted by Gasteiger charge is 2.16. The minimum atomic E-state index is -0.613. The van der Waals surface area contributed by atoms with Crippen molar-refractivity contribution < 1.29 is 24.1 Å². The number of hydrogen-bond acceptors (Lipinski definition) is 6. The Hall–Kier alpha value is -2.70. The molecule has 0 aliphatic rings. The molecule has 0 fully saturated rings. The van der Waals surface area contributed by atoms with Gasteiger partial charge in [-0.2, -0.15) is 11.8 Å². The summed E-state index contributed by atoms with van der Waals surface area (Å²) in [6.45, 7) is 6.23. The van der Waals surface area contributed by atoms with E-state index in [2.05, 4.69) is 30.3 Å². The Kier molecular flexibility index (Phi) is 9.03. The van der Waals surface area contributed by atoms with E-state index in [-0.39, 0.29) is 12.6 Å². The smallest absolute Gasteiger partial charge is 0.307 e. The predicted octanol–water partition coefficient (Wildman–Crippen LogP) is 5.62. The summed E-state index contributed by atoms with van der Waals surface area (Å²) in [6, 6.07) is 22.0. The molecule has 0 aromatic heterocycles. The number of aliphatic hydroxyl groups is 1. The first-order valence-electron chi connectivity index (χ1n) is 11.1. The summed E-state index contributed by atoms with van der Waals surface area (Å²) >= 11 is 1.51. The average molecular weight is 469 g/mol. The van der Waals surface area contributed by atoms with Gasteiger partial charge >= 0.3 is 5.97 Å². The van der Waals surface area contributed by atoms with E-state index in [4.69, 9.17) is 14.2 Å². The summed E-state index contributed by atoms with van der Waals surface area (Å²) in [5, 5.41) is 12.5. The number of rotatable bonds is 11. The maximum atomic E-state index is 11.7. The summed E-state index contributed by atoms with van der Waals surface area (Å²) in [5.74, 6) is 2.31. The van der Waals surface area contributed by atoms with Gasteiger partial charge in [-0.15, -0.1) is 0 Å². The number of thioether (sulfide) groups is 1. The lowest BCUT2D eigenvalue weighted by Crippen LogP contribution is -2.24. The van der Waals surface area contributed by atoms with Crippen molar-refractivity contribution in [1.29, 1.82) is 0 Å². The van der Waals surface area contributed by atoms with Gasteiger partial charge in [-0.05, 0) is 67.4 Å². The molecule has 3 rings (SSSR count). The van der Waals surface area contributed by atoms with Crippen LogP contribution in [0, 0.1) is 0 Å². The lowest BCUT2D eigenvalue weighted by atomic mass is 10.1. The largest absolute Gasteiger partial charge is 0.491 e. The molecule has 3 aromatic carbocycles. The Morgan fingerprint density at radius 3 is 2.30 bits per heavy atom. The SMILES string of the molecule is CC(C)(C)OC(=O)CCSCC(O)COc1ccc(OCc2ccc3ccccc3c2)cc1. The number of benzene rings is 3. The molecule has 0 amide bonds. The molecule has 5 nitrogen and oxygen atoms in total. The van der Waals surface area contributed by atoms with Gasteiger partial charge in [0, 0.05) is 11.5 Å². The highest BCUT2D eigenvalue weighted by Crippen LogP contribution is 2.21. The van der Waals surface area contributed by atoms with Crippen molar-refractivity contribution in [2.45, 2.75) is 45.5 Å². The third-order valence-electron chi connectivity index (χ3n) is 4.67. The number of carbonyl (C=O) groups excluding carboxylic acids is 1. The average Bonchev–Trinajstić information content (AvgIpc) is 2.78. The number of esters is 1. The van der Waals surface area contributed by atoms with Crippen molar-refractivity contribution in [3.8, 4) is 11.5 Å². The predicted molar refractivity (Wildman–Crippen MR) is 134 cm³/mol. The monoisotopic (exact) mass is 468 g/mol. The normalized spacial score (nSPS) is 12.4. The van der Waals surface area contributed by atoms with Crippen molar-refractivity contribution >= 4 is 28.5 Å². The van der Waals surface area contributed by atoms with Crippen LogP contribution in [0.15, 0.2) is 66.7 Å². The van der Waals surface area contributed by atoms with Gasteiger partial charge in [0.1, 0.15) is 30.3 Å². The molecule has 3 aromatic rings. The van der Waals surface area contributed by atoms with Crippen molar-refractivity contribution in [2.24, 2.45) is 0 Å². The number of aliphatic hydroxyl groups excluding tert-OH is 1. The first kappa shape index (κ1) is 24.9. The van der Waals surface area contributed by atoms with E-state index in [1.54, 1.807) is 0 Å². The van der Waals surface area contributed by atoms with Crippen LogP contribution < -0.4 is 9.47 Å². The molecular formula is C27H32O5S. The third kappa shape index (κ3) is 8.98. The van der Waals surface area contributed by atoms with Gasteiger partial charge in [0.2, 0.25) is 0 Å². The van der Waals surface area contributed by atoms with Gasteiger partial charge in [-0.3, -0.25) is 4.79 Å². The van der Waals surface area contributed by atoms with Crippen LogP contribution in [0.3, 0.4) is 0 Å². The van der Waals surface area contributed by atoms with Crippen LogP contribution in [-0.2, 0) is 16.1 Å². The number of fused-ring (bicyclic) bond motifs is 1. The van der Waals surface area contributed by atoms with Gasteiger partial charge in [-0.1, -0.05) is 36.4 Å². The Labute approximate surface area is 200 Å². The Bertz CT molecular complexity index is 1030. The maximum absolute atomic E-state index is 11.7. The van der Waals surface area contributed by atoms with E-state index in [0.717, 1.165) is 11.3 Å². The molecule has 0 bridgehead atoms. The van der Waals surface area contributed by atoms with Crippen LogP contribution in [0.1, 0.15) is 32.8 Å². The fraction of sp³-hybridized carbons (Fsp3) is 0.370. The van der Waals surface area contributed by atoms with Crippen molar-refractivity contribution in [3.05, 3.63) is 72.3 Å². The zero-order chi connectivity index (χ0) is 23.7.